The topological polar surface area (TPSA) is 0 Å². The molecule has 1 aliphatic carbocycles. The zero-order valence-electron chi connectivity index (χ0n) is 7.88. The highest BCUT2D eigenvalue weighted by Crippen LogP contribution is 2.30. The summed E-state index contributed by atoms with van der Waals surface area (Å²) in [5.74, 6) is 0.426. The van der Waals surface area contributed by atoms with Gasteiger partial charge in [0.05, 0.1) is 0 Å². The molecule has 0 spiro atoms. The van der Waals surface area contributed by atoms with Crippen LogP contribution >= 0.6 is 0 Å². The molecule has 2 rings (SSSR count). The molecule has 0 saturated heterocycles. The molecule has 0 aliphatic heterocycles. The zero-order chi connectivity index (χ0) is 8.55. The second-order valence-corrected chi connectivity index (χ2v) is 3.26. The van der Waals surface area contributed by atoms with Gasteiger partial charge >= 0.3 is 0 Å². The summed E-state index contributed by atoms with van der Waals surface area (Å²) in [6.07, 6.45) is 2.23. The minimum atomic E-state index is 0.111. The van der Waals surface area contributed by atoms with Gasteiger partial charge in [-0.05, 0) is 36.3 Å². The third-order valence-corrected chi connectivity index (χ3v) is 2.48. The van der Waals surface area contributed by atoms with E-state index in [1.165, 1.54) is 11.1 Å². The van der Waals surface area contributed by atoms with E-state index >= 15 is 0 Å². The van der Waals surface area contributed by atoms with Crippen LogP contribution in [0.3, 0.4) is 0 Å². The van der Waals surface area contributed by atoms with E-state index in [9.17, 15) is 0 Å². The van der Waals surface area contributed by atoms with Gasteiger partial charge in [0.25, 0.3) is 0 Å². The predicted octanol–water partition coefficient (Wildman–Crippen LogP) is 3.13. The van der Waals surface area contributed by atoms with Crippen LogP contribution in [-0.2, 0) is 6.42 Å². The Balaban J connectivity index is 2.42. The third kappa shape index (κ3) is 1.18. The van der Waals surface area contributed by atoms with Gasteiger partial charge in [-0.3, -0.25) is 0 Å². The summed E-state index contributed by atoms with van der Waals surface area (Å²) in [5.41, 5.74) is 2.84. The van der Waals surface area contributed by atoms with Gasteiger partial charge in [-0.2, -0.15) is 0 Å². The van der Waals surface area contributed by atoms with E-state index in [0.29, 0.717) is 5.92 Å². The Morgan fingerprint density at radius 1 is 1.45 bits per heavy atom. The number of benzene rings is 1. The monoisotopic (exact) mass is 147 g/mol. The van der Waals surface area contributed by atoms with E-state index in [1.54, 1.807) is 0 Å². The van der Waals surface area contributed by atoms with E-state index in [0.717, 1.165) is 12.8 Å². The minimum absolute atomic E-state index is 0.111. The second kappa shape index (κ2) is 2.69. The molecule has 0 heteroatoms. The molecule has 0 unspecified atom stereocenters. The molecule has 11 heavy (non-hydrogen) atoms. The summed E-state index contributed by atoms with van der Waals surface area (Å²) in [4.78, 5) is 0. The van der Waals surface area contributed by atoms with Gasteiger partial charge in [0.2, 0.25) is 0 Å². The van der Waals surface area contributed by atoms with Crippen molar-refractivity contribution in [2.45, 2.75) is 32.1 Å². The fourth-order valence-electron chi connectivity index (χ4n) is 1.82. The quantitative estimate of drug-likeness (QED) is 0.529. The highest BCUT2D eigenvalue weighted by molar-refractivity contribution is 5.31. The maximum atomic E-state index is 7.81. The summed E-state index contributed by atoms with van der Waals surface area (Å²) in [5, 5.41) is 0. The van der Waals surface area contributed by atoms with Crippen molar-refractivity contribution in [1.29, 1.82) is 0 Å². The SMILES string of the molecule is [2H][C@@H]1CCc2ccccc2[C@@H]1C. The maximum absolute atomic E-state index is 7.81. The number of aryl methyl sites for hydroxylation is 1. The predicted molar refractivity (Wildman–Crippen MR) is 47.8 cm³/mol. The van der Waals surface area contributed by atoms with Crippen molar-refractivity contribution in [3.05, 3.63) is 35.4 Å². The molecule has 0 radical (unpaired) electrons. The molecule has 58 valence electrons. The average Bonchev–Trinajstić information content (AvgIpc) is 2.12. The minimum Gasteiger partial charge on any atom is -0.0620 e. The summed E-state index contributed by atoms with van der Waals surface area (Å²) in [6.45, 7) is 2.16. The van der Waals surface area contributed by atoms with Gasteiger partial charge in [-0.1, -0.05) is 31.2 Å². The van der Waals surface area contributed by atoms with Crippen molar-refractivity contribution in [2.75, 3.05) is 0 Å². The Labute approximate surface area is 69.7 Å². The summed E-state index contributed by atoms with van der Waals surface area (Å²) < 4.78 is 7.81. The highest BCUT2D eigenvalue weighted by atomic mass is 14.2. The molecule has 0 N–H and O–H groups in total. The van der Waals surface area contributed by atoms with Crippen LogP contribution in [-0.4, -0.2) is 0 Å². The molecule has 1 aliphatic rings. The lowest BCUT2D eigenvalue weighted by Gasteiger charge is -2.21. The first-order valence-electron chi connectivity index (χ1n) is 4.87. The molecule has 0 nitrogen and oxygen atoms in total. The van der Waals surface area contributed by atoms with E-state index in [2.05, 4.69) is 31.2 Å². The van der Waals surface area contributed by atoms with Crippen molar-refractivity contribution in [3.8, 4) is 0 Å². The van der Waals surface area contributed by atoms with Gasteiger partial charge in [-0.15, -0.1) is 0 Å². The first kappa shape index (κ1) is 5.82. The number of rotatable bonds is 0. The highest BCUT2D eigenvalue weighted by Gasteiger charge is 2.14. The lowest BCUT2D eigenvalue weighted by molar-refractivity contribution is 0.590. The average molecular weight is 147 g/mol. The van der Waals surface area contributed by atoms with E-state index in [-0.39, 0.29) is 6.40 Å². The molecular formula is C11H14. The summed E-state index contributed by atoms with van der Waals surface area (Å²) >= 11 is 0. The molecule has 0 bridgehead atoms. The van der Waals surface area contributed by atoms with E-state index < -0.39 is 0 Å². The third-order valence-electron chi connectivity index (χ3n) is 2.48. The molecule has 0 fully saturated rings. The van der Waals surface area contributed by atoms with Crippen LogP contribution in [0.4, 0.5) is 0 Å². The van der Waals surface area contributed by atoms with Crippen molar-refractivity contribution in [2.24, 2.45) is 0 Å². The van der Waals surface area contributed by atoms with Crippen molar-refractivity contribution in [1.82, 2.24) is 0 Å². The smallest absolute Gasteiger partial charge is 0.0273 e. The Morgan fingerprint density at radius 3 is 3.18 bits per heavy atom. The Bertz CT molecular complexity index is 280. The van der Waals surface area contributed by atoms with Crippen LogP contribution in [0.2, 0.25) is 0 Å². The van der Waals surface area contributed by atoms with Crippen LogP contribution in [0.1, 0.15) is 38.2 Å². The normalized spacial score (nSPS) is 30.8. The van der Waals surface area contributed by atoms with Gasteiger partial charge < -0.3 is 0 Å². The summed E-state index contributed by atoms with van der Waals surface area (Å²) in [6, 6.07) is 8.53. The fourth-order valence-corrected chi connectivity index (χ4v) is 1.82. The van der Waals surface area contributed by atoms with Crippen LogP contribution in [0.5, 0.6) is 0 Å². The first-order chi connectivity index (χ1) is 5.79. The lowest BCUT2D eigenvalue weighted by Crippen LogP contribution is -2.05. The molecule has 1 aromatic rings. The van der Waals surface area contributed by atoms with Crippen LogP contribution < -0.4 is 0 Å². The second-order valence-electron chi connectivity index (χ2n) is 3.26. The van der Waals surface area contributed by atoms with Crippen LogP contribution in [0.15, 0.2) is 24.3 Å². The Hall–Kier alpha value is -0.780. The largest absolute Gasteiger partial charge is 0.0620 e. The molecular weight excluding hydrogens is 132 g/mol. The summed E-state index contributed by atoms with van der Waals surface area (Å²) in [7, 11) is 0. The van der Waals surface area contributed by atoms with E-state index in [4.69, 9.17) is 1.37 Å². The van der Waals surface area contributed by atoms with E-state index in [1.807, 2.05) is 0 Å². The van der Waals surface area contributed by atoms with Gasteiger partial charge in [0, 0.05) is 1.37 Å². The number of hydrogen-bond donors (Lipinski definition) is 0. The van der Waals surface area contributed by atoms with Gasteiger partial charge in [0.1, 0.15) is 0 Å². The number of fused-ring (bicyclic) bond motifs is 1. The molecule has 0 aromatic heterocycles. The van der Waals surface area contributed by atoms with Crippen LogP contribution in [0.25, 0.3) is 0 Å². The Kier molecular flexibility index (Phi) is 1.42. The van der Waals surface area contributed by atoms with Gasteiger partial charge in [0.15, 0.2) is 0 Å². The van der Waals surface area contributed by atoms with Crippen molar-refractivity contribution in [3.63, 3.8) is 0 Å². The Morgan fingerprint density at radius 2 is 2.27 bits per heavy atom. The molecule has 1 aromatic carbocycles. The first-order valence-corrected chi connectivity index (χ1v) is 4.29. The van der Waals surface area contributed by atoms with Crippen molar-refractivity contribution < 1.29 is 1.37 Å². The molecule has 0 heterocycles. The molecule has 0 saturated carbocycles. The van der Waals surface area contributed by atoms with Crippen molar-refractivity contribution >= 4 is 0 Å². The molecule has 2 atom stereocenters. The fraction of sp³-hybridized carbons (Fsp3) is 0.455. The number of hydrogen-bond acceptors (Lipinski definition) is 0. The zero-order valence-corrected chi connectivity index (χ0v) is 6.88. The maximum Gasteiger partial charge on any atom is 0.0273 e. The van der Waals surface area contributed by atoms with Crippen LogP contribution in [0, 0.1) is 0 Å². The molecule has 0 amide bonds. The standard InChI is InChI=1S/C11H14/c1-9-5-4-7-10-6-2-3-8-11(9)10/h2-3,6,8-9H,4-5,7H2,1H3/t9-/m1/s1/i5D/t5-,9-. The lowest BCUT2D eigenvalue weighted by atomic mass is 9.84. The van der Waals surface area contributed by atoms with Gasteiger partial charge in [-0.25, -0.2) is 0 Å².